The van der Waals surface area contributed by atoms with Gasteiger partial charge in [0.1, 0.15) is 0 Å². The summed E-state index contributed by atoms with van der Waals surface area (Å²) in [7, 11) is 0. The number of hydrogen-bond donors (Lipinski definition) is 1. The Balaban J connectivity index is 0. The van der Waals surface area contributed by atoms with Gasteiger partial charge in [0.25, 0.3) is 0 Å². The van der Waals surface area contributed by atoms with Crippen molar-refractivity contribution in [3.63, 3.8) is 0 Å². The molecule has 0 fully saturated rings. The summed E-state index contributed by atoms with van der Waals surface area (Å²) in [5.74, 6) is 0. The molecule has 1 heteroatoms. The molecule has 0 rings (SSSR count). The summed E-state index contributed by atoms with van der Waals surface area (Å²) >= 11 is 0. The van der Waals surface area contributed by atoms with Gasteiger partial charge in [-0.3, -0.25) is 0 Å². The molecule has 0 aromatic rings. The molecular formula is C12H23N. The number of hydrogen-bond acceptors (Lipinski definition) is 1. The molecule has 76 valence electrons. The summed E-state index contributed by atoms with van der Waals surface area (Å²) in [6.45, 7) is 10.6. The first kappa shape index (κ1) is 14.7. The average molecular weight is 181 g/mol. The van der Waals surface area contributed by atoms with Crippen LogP contribution >= 0.6 is 0 Å². The van der Waals surface area contributed by atoms with Crippen LogP contribution in [0.25, 0.3) is 0 Å². The van der Waals surface area contributed by atoms with Gasteiger partial charge in [-0.15, -0.1) is 0 Å². The van der Waals surface area contributed by atoms with E-state index in [4.69, 9.17) is 5.73 Å². The van der Waals surface area contributed by atoms with Crippen LogP contribution < -0.4 is 5.73 Å². The molecule has 0 saturated carbocycles. The zero-order valence-electron chi connectivity index (χ0n) is 9.22. The lowest BCUT2D eigenvalue weighted by Crippen LogP contribution is -1.94. The predicted molar refractivity (Wildman–Crippen MR) is 62.7 cm³/mol. The van der Waals surface area contributed by atoms with Crippen LogP contribution in [0.3, 0.4) is 0 Å². The van der Waals surface area contributed by atoms with Gasteiger partial charge in [0.2, 0.25) is 0 Å². The second kappa shape index (κ2) is 13.7. The maximum absolute atomic E-state index is 5.16. The van der Waals surface area contributed by atoms with Gasteiger partial charge in [0, 0.05) is 0 Å². The highest BCUT2D eigenvalue weighted by Crippen LogP contribution is 1.95. The lowest BCUT2D eigenvalue weighted by molar-refractivity contribution is 1.01. The number of allylic oxidation sites excluding steroid dienone is 4. The van der Waals surface area contributed by atoms with E-state index in [1.165, 1.54) is 5.57 Å². The quantitative estimate of drug-likeness (QED) is 0.522. The van der Waals surface area contributed by atoms with Crippen molar-refractivity contribution < 1.29 is 0 Å². The highest BCUT2D eigenvalue weighted by Gasteiger charge is 1.75. The summed E-state index contributed by atoms with van der Waals surface area (Å²) in [5.41, 5.74) is 6.36. The minimum Gasteiger partial charge on any atom is -0.330 e. The normalized spacial score (nSPS) is 10.2. The molecule has 0 aliphatic rings. The Morgan fingerprint density at radius 3 is 2.08 bits per heavy atom. The molecule has 0 bridgehead atoms. The Morgan fingerprint density at radius 1 is 1.31 bits per heavy atom. The Hall–Kier alpha value is -0.820. The minimum absolute atomic E-state index is 0.768. The third-order valence-corrected chi connectivity index (χ3v) is 1.43. The standard InChI is InChI=1S/C7H12.C5H11N/c1-4-6-7(3)5-2;1-2-3-4-5-6/h4,6H,3,5H2,1-2H3;2-3H,4-6H2,1H3/b6-4-;3-2-. The fraction of sp³-hybridized carbons (Fsp3) is 0.500. The topological polar surface area (TPSA) is 26.0 Å². The summed E-state index contributed by atoms with van der Waals surface area (Å²) in [4.78, 5) is 0. The maximum atomic E-state index is 5.16. The van der Waals surface area contributed by atoms with Gasteiger partial charge in [0.05, 0.1) is 0 Å². The van der Waals surface area contributed by atoms with Gasteiger partial charge in [0.15, 0.2) is 0 Å². The number of nitrogens with two attached hydrogens (primary N) is 1. The largest absolute Gasteiger partial charge is 0.330 e. The Kier molecular flexibility index (Phi) is 15.5. The van der Waals surface area contributed by atoms with E-state index in [2.05, 4.69) is 19.6 Å². The van der Waals surface area contributed by atoms with Gasteiger partial charge < -0.3 is 5.73 Å². The molecule has 0 radical (unpaired) electrons. The molecule has 0 heterocycles. The van der Waals surface area contributed by atoms with Gasteiger partial charge in [-0.05, 0) is 33.2 Å². The van der Waals surface area contributed by atoms with E-state index in [1.54, 1.807) is 0 Å². The summed E-state index contributed by atoms with van der Waals surface area (Å²) < 4.78 is 0. The molecule has 1 nitrogen and oxygen atoms in total. The minimum atomic E-state index is 0.768. The van der Waals surface area contributed by atoms with Crippen LogP contribution in [0.5, 0.6) is 0 Å². The van der Waals surface area contributed by atoms with E-state index in [9.17, 15) is 0 Å². The van der Waals surface area contributed by atoms with Gasteiger partial charge in [-0.1, -0.05) is 43.4 Å². The fourth-order valence-electron chi connectivity index (χ4n) is 0.616. The zero-order valence-corrected chi connectivity index (χ0v) is 9.22. The molecule has 13 heavy (non-hydrogen) atoms. The second-order valence-electron chi connectivity index (χ2n) is 2.66. The molecule has 0 atom stereocenters. The van der Waals surface area contributed by atoms with E-state index in [0.717, 1.165) is 19.4 Å². The van der Waals surface area contributed by atoms with Crippen molar-refractivity contribution in [2.75, 3.05) is 6.54 Å². The van der Waals surface area contributed by atoms with Crippen LogP contribution in [0, 0.1) is 0 Å². The van der Waals surface area contributed by atoms with Crippen molar-refractivity contribution in [2.24, 2.45) is 5.73 Å². The Labute approximate surface area is 83.0 Å². The second-order valence-corrected chi connectivity index (χ2v) is 2.66. The summed E-state index contributed by atoms with van der Waals surface area (Å²) in [6, 6.07) is 0. The van der Waals surface area contributed by atoms with Gasteiger partial charge in [-0.25, -0.2) is 0 Å². The first-order chi connectivity index (χ1) is 6.22. The highest BCUT2D eigenvalue weighted by molar-refractivity contribution is 5.12. The van der Waals surface area contributed by atoms with Crippen LogP contribution in [0.4, 0.5) is 0 Å². The lowest BCUT2D eigenvalue weighted by Gasteiger charge is -1.85. The molecule has 0 aliphatic carbocycles. The van der Waals surface area contributed by atoms with E-state index < -0.39 is 0 Å². The van der Waals surface area contributed by atoms with Crippen LogP contribution in [0.1, 0.15) is 33.6 Å². The monoisotopic (exact) mass is 181 g/mol. The molecule has 0 aromatic carbocycles. The van der Waals surface area contributed by atoms with Crippen LogP contribution in [0.15, 0.2) is 36.5 Å². The van der Waals surface area contributed by atoms with Gasteiger partial charge >= 0.3 is 0 Å². The molecule has 0 aliphatic heterocycles. The average Bonchev–Trinajstić information content (AvgIpc) is 2.16. The third kappa shape index (κ3) is 18.3. The van der Waals surface area contributed by atoms with Crippen molar-refractivity contribution in [3.8, 4) is 0 Å². The van der Waals surface area contributed by atoms with Crippen molar-refractivity contribution in [2.45, 2.75) is 33.6 Å². The number of rotatable bonds is 4. The molecule has 2 N–H and O–H groups in total. The lowest BCUT2D eigenvalue weighted by atomic mass is 10.2. The molecule has 0 saturated heterocycles. The maximum Gasteiger partial charge on any atom is -0.00426 e. The van der Waals surface area contributed by atoms with E-state index >= 15 is 0 Å². The third-order valence-electron chi connectivity index (χ3n) is 1.43. The molecule has 0 amide bonds. The van der Waals surface area contributed by atoms with Crippen molar-refractivity contribution in [3.05, 3.63) is 36.5 Å². The fourth-order valence-corrected chi connectivity index (χ4v) is 0.616. The highest BCUT2D eigenvalue weighted by atomic mass is 14.5. The van der Waals surface area contributed by atoms with E-state index in [-0.39, 0.29) is 0 Å². The van der Waals surface area contributed by atoms with Crippen molar-refractivity contribution >= 4 is 0 Å². The smallest absolute Gasteiger partial charge is 0.00426 e. The predicted octanol–water partition coefficient (Wildman–Crippen LogP) is 3.44. The Morgan fingerprint density at radius 2 is 1.92 bits per heavy atom. The Bertz CT molecular complexity index is 155. The molecule has 0 unspecified atom stereocenters. The first-order valence-corrected chi connectivity index (χ1v) is 4.84. The first-order valence-electron chi connectivity index (χ1n) is 4.84. The van der Waals surface area contributed by atoms with Gasteiger partial charge in [-0.2, -0.15) is 0 Å². The van der Waals surface area contributed by atoms with Crippen molar-refractivity contribution in [1.29, 1.82) is 0 Å². The molecule has 0 spiro atoms. The van der Waals surface area contributed by atoms with Crippen LogP contribution in [0.2, 0.25) is 0 Å². The van der Waals surface area contributed by atoms with E-state index in [0.29, 0.717) is 0 Å². The van der Waals surface area contributed by atoms with Crippen molar-refractivity contribution in [1.82, 2.24) is 0 Å². The molecule has 0 aromatic heterocycles. The van der Waals surface area contributed by atoms with E-state index in [1.807, 2.05) is 32.1 Å². The zero-order chi connectivity index (χ0) is 10.5. The summed E-state index contributed by atoms with van der Waals surface area (Å²) in [5, 5.41) is 0. The molecular weight excluding hydrogens is 158 g/mol. The van der Waals surface area contributed by atoms with Crippen LogP contribution in [-0.4, -0.2) is 6.54 Å². The van der Waals surface area contributed by atoms with Crippen LogP contribution in [-0.2, 0) is 0 Å². The summed E-state index contributed by atoms with van der Waals surface area (Å²) in [6.07, 6.45) is 10.2. The SMILES string of the molecule is C/C=C\CCN.C=C(/C=C\C)CC.